The van der Waals surface area contributed by atoms with E-state index < -0.39 is 5.97 Å². The molecular formula is C23H20ClN3O3S. The molecule has 31 heavy (non-hydrogen) atoms. The van der Waals surface area contributed by atoms with Crippen LogP contribution in [0.5, 0.6) is 5.75 Å². The van der Waals surface area contributed by atoms with E-state index >= 15 is 0 Å². The van der Waals surface area contributed by atoms with Crippen LogP contribution >= 0.6 is 22.9 Å². The van der Waals surface area contributed by atoms with Crippen LogP contribution < -0.4 is 15.4 Å². The standard InChI is InChI=1S/C23H20ClN3O3S/c1-27-11-10-17-18(12-27)31-22-19(17)21(28)25-20(26-22)13-4-8-16(9-5-13)30-23(29)14-2-6-15(24)7-3-14/h2-9,20,26H,10-12H2,1H3,(H,25,28)/t20-/m1/s1. The Morgan fingerprint density at radius 1 is 1.13 bits per heavy atom. The fourth-order valence-electron chi connectivity index (χ4n) is 3.89. The summed E-state index contributed by atoms with van der Waals surface area (Å²) in [5, 5.41) is 7.99. The van der Waals surface area contributed by atoms with E-state index in [2.05, 4.69) is 22.6 Å². The summed E-state index contributed by atoms with van der Waals surface area (Å²) in [4.78, 5) is 28.6. The van der Waals surface area contributed by atoms with Gasteiger partial charge >= 0.3 is 5.97 Å². The number of halogens is 1. The van der Waals surface area contributed by atoms with Crippen LogP contribution in [0.2, 0.25) is 5.02 Å². The zero-order valence-electron chi connectivity index (χ0n) is 16.8. The van der Waals surface area contributed by atoms with Gasteiger partial charge in [-0.3, -0.25) is 4.79 Å². The number of benzene rings is 2. The van der Waals surface area contributed by atoms with E-state index in [0.29, 0.717) is 16.3 Å². The molecule has 1 atom stereocenters. The Balaban J connectivity index is 1.31. The molecule has 0 radical (unpaired) electrons. The number of esters is 1. The highest BCUT2D eigenvalue weighted by Crippen LogP contribution is 2.40. The zero-order chi connectivity index (χ0) is 21.5. The molecule has 2 aliphatic heterocycles. The Morgan fingerprint density at radius 3 is 2.61 bits per heavy atom. The van der Waals surface area contributed by atoms with Crippen molar-refractivity contribution >= 4 is 39.8 Å². The minimum Gasteiger partial charge on any atom is -0.423 e. The number of carbonyl (C=O) groups excluding carboxylic acids is 2. The minimum absolute atomic E-state index is 0.0426. The first kappa shape index (κ1) is 20.1. The van der Waals surface area contributed by atoms with E-state index in [0.717, 1.165) is 35.6 Å². The Labute approximate surface area is 188 Å². The van der Waals surface area contributed by atoms with Crippen molar-refractivity contribution < 1.29 is 14.3 Å². The number of nitrogens with one attached hydrogen (secondary N) is 2. The number of ether oxygens (including phenoxy) is 1. The molecule has 0 aliphatic carbocycles. The fourth-order valence-corrected chi connectivity index (χ4v) is 5.37. The lowest BCUT2D eigenvalue weighted by atomic mass is 10.0. The Morgan fingerprint density at radius 2 is 1.87 bits per heavy atom. The second-order valence-corrected chi connectivity index (χ2v) is 9.25. The molecular weight excluding hydrogens is 434 g/mol. The first-order chi connectivity index (χ1) is 15.0. The molecule has 0 saturated heterocycles. The maximum absolute atomic E-state index is 12.8. The largest absolute Gasteiger partial charge is 0.423 e. The number of carbonyl (C=O) groups is 2. The highest BCUT2D eigenvalue weighted by molar-refractivity contribution is 7.16. The lowest BCUT2D eigenvalue weighted by Crippen LogP contribution is -2.38. The molecule has 158 valence electrons. The molecule has 0 saturated carbocycles. The smallest absolute Gasteiger partial charge is 0.343 e. The average Bonchev–Trinajstić information content (AvgIpc) is 3.12. The van der Waals surface area contributed by atoms with Crippen molar-refractivity contribution in [2.24, 2.45) is 0 Å². The van der Waals surface area contributed by atoms with Gasteiger partial charge in [0.2, 0.25) is 0 Å². The lowest BCUT2D eigenvalue weighted by Gasteiger charge is -2.27. The van der Waals surface area contributed by atoms with Crippen molar-refractivity contribution in [3.63, 3.8) is 0 Å². The third kappa shape index (κ3) is 3.92. The van der Waals surface area contributed by atoms with Crippen molar-refractivity contribution in [3.05, 3.63) is 80.7 Å². The van der Waals surface area contributed by atoms with Gasteiger partial charge in [0.15, 0.2) is 0 Å². The van der Waals surface area contributed by atoms with Crippen molar-refractivity contribution in [2.75, 3.05) is 18.9 Å². The predicted octanol–water partition coefficient (Wildman–Crippen LogP) is 4.46. The molecule has 2 aromatic carbocycles. The zero-order valence-corrected chi connectivity index (χ0v) is 18.3. The van der Waals surface area contributed by atoms with Crippen LogP contribution in [0.15, 0.2) is 48.5 Å². The van der Waals surface area contributed by atoms with Crippen LogP contribution in [-0.2, 0) is 13.0 Å². The van der Waals surface area contributed by atoms with E-state index in [4.69, 9.17) is 16.3 Å². The number of hydrogen-bond acceptors (Lipinski definition) is 6. The molecule has 0 unspecified atom stereocenters. The minimum atomic E-state index is -0.452. The summed E-state index contributed by atoms with van der Waals surface area (Å²) in [5.74, 6) is -0.0625. The van der Waals surface area contributed by atoms with Crippen LogP contribution in [0.1, 0.15) is 42.9 Å². The van der Waals surface area contributed by atoms with E-state index in [1.54, 1.807) is 47.7 Å². The van der Waals surface area contributed by atoms with E-state index in [1.165, 1.54) is 10.4 Å². The van der Waals surface area contributed by atoms with Crippen LogP contribution in [0.3, 0.4) is 0 Å². The summed E-state index contributed by atoms with van der Waals surface area (Å²) in [6.45, 7) is 1.84. The molecule has 1 aromatic heterocycles. The molecule has 3 aromatic rings. The summed E-state index contributed by atoms with van der Waals surface area (Å²) >= 11 is 7.52. The van der Waals surface area contributed by atoms with Gasteiger partial charge in [0.05, 0.1) is 11.1 Å². The molecule has 5 rings (SSSR count). The quantitative estimate of drug-likeness (QED) is 0.452. The third-order valence-corrected chi connectivity index (χ3v) is 6.93. The van der Waals surface area contributed by atoms with Gasteiger partial charge in [0.1, 0.15) is 16.9 Å². The maximum Gasteiger partial charge on any atom is 0.343 e. The summed E-state index contributed by atoms with van der Waals surface area (Å²) in [7, 11) is 2.10. The van der Waals surface area contributed by atoms with Crippen molar-refractivity contribution in [2.45, 2.75) is 19.1 Å². The fraction of sp³-hybridized carbons (Fsp3) is 0.217. The number of anilines is 1. The highest BCUT2D eigenvalue weighted by Gasteiger charge is 2.32. The average molecular weight is 454 g/mol. The molecule has 2 N–H and O–H groups in total. The van der Waals surface area contributed by atoms with Gasteiger partial charge in [-0.1, -0.05) is 23.7 Å². The highest BCUT2D eigenvalue weighted by atomic mass is 35.5. The van der Waals surface area contributed by atoms with Crippen molar-refractivity contribution in [1.29, 1.82) is 0 Å². The van der Waals surface area contributed by atoms with Gasteiger partial charge in [0, 0.05) is 23.0 Å². The van der Waals surface area contributed by atoms with Crippen LogP contribution in [0, 0.1) is 0 Å². The molecule has 8 heteroatoms. The number of nitrogens with zero attached hydrogens (tertiary/aromatic N) is 1. The normalized spacial score (nSPS) is 17.9. The first-order valence-corrected chi connectivity index (χ1v) is 11.2. The van der Waals surface area contributed by atoms with Gasteiger partial charge < -0.3 is 20.3 Å². The Bertz CT molecular complexity index is 1160. The van der Waals surface area contributed by atoms with Gasteiger partial charge in [-0.2, -0.15) is 0 Å². The maximum atomic E-state index is 12.8. The third-order valence-electron chi connectivity index (χ3n) is 5.53. The van der Waals surface area contributed by atoms with E-state index in [1.807, 2.05) is 12.1 Å². The second-order valence-electron chi connectivity index (χ2n) is 7.71. The van der Waals surface area contributed by atoms with Crippen LogP contribution in [-0.4, -0.2) is 30.4 Å². The SMILES string of the molecule is CN1CCc2c(sc3c2C(=O)N[C@@H](c2ccc(OC(=O)c4ccc(Cl)cc4)cc2)N3)C1. The van der Waals surface area contributed by atoms with Crippen molar-refractivity contribution in [1.82, 2.24) is 10.2 Å². The number of rotatable bonds is 3. The van der Waals surface area contributed by atoms with Crippen LogP contribution in [0.4, 0.5) is 5.00 Å². The summed E-state index contributed by atoms with van der Waals surface area (Å²) < 4.78 is 5.43. The van der Waals surface area contributed by atoms with Gasteiger partial charge in [0.25, 0.3) is 5.91 Å². The summed E-state index contributed by atoms with van der Waals surface area (Å²) in [6, 6.07) is 13.7. The topological polar surface area (TPSA) is 70.7 Å². The van der Waals surface area contributed by atoms with Crippen molar-refractivity contribution in [3.8, 4) is 5.75 Å². The lowest BCUT2D eigenvalue weighted by molar-refractivity contribution is 0.0734. The van der Waals surface area contributed by atoms with E-state index in [9.17, 15) is 9.59 Å². The van der Waals surface area contributed by atoms with E-state index in [-0.39, 0.29) is 12.1 Å². The molecule has 0 spiro atoms. The Hall–Kier alpha value is -2.87. The number of hydrogen-bond donors (Lipinski definition) is 2. The molecule has 0 fully saturated rings. The van der Waals surface area contributed by atoms with Gasteiger partial charge in [-0.05, 0) is 61.0 Å². The number of thiophene rings is 1. The molecule has 2 aliphatic rings. The van der Waals surface area contributed by atoms with Crippen LogP contribution in [0.25, 0.3) is 0 Å². The van der Waals surface area contributed by atoms with Gasteiger partial charge in [-0.25, -0.2) is 4.79 Å². The number of likely N-dealkylation sites (N-methyl/N-ethyl adjacent to an activating group) is 1. The summed E-state index contributed by atoms with van der Waals surface area (Å²) in [6.07, 6.45) is 0.560. The first-order valence-electron chi connectivity index (χ1n) is 9.96. The summed E-state index contributed by atoms with van der Waals surface area (Å²) in [5.41, 5.74) is 3.27. The molecule has 3 heterocycles. The molecule has 6 nitrogen and oxygen atoms in total. The molecule has 0 bridgehead atoms. The monoisotopic (exact) mass is 453 g/mol. The predicted molar refractivity (Wildman–Crippen MR) is 121 cm³/mol. The second kappa shape index (κ2) is 8.00. The van der Waals surface area contributed by atoms with Gasteiger partial charge in [-0.15, -0.1) is 11.3 Å². The number of fused-ring (bicyclic) bond motifs is 3. The number of amides is 1. The molecule has 1 amide bonds. The Kier molecular flexibility index (Phi) is 5.17.